The van der Waals surface area contributed by atoms with Crippen LogP contribution in [0.3, 0.4) is 0 Å². The maximum Gasteiger partial charge on any atom is 1.00 e. The fourth-order valence-electron chi connectivity index (χ4n) is 1.11. The number of hydrogen-bond acceptors (Lipinski definition) is 3. The summed E-state index contributed by atoms with van der Waals surface area (Å²) in [7, 11) is 0. The average Bonchev–Trinajstić information content (AvgIpc) is 2.20. The van der Waals surface area contributed by atoms with E-state index in [0.29, 0.717) is 5.82 Å². The van der Waals surface area contributed by atoms with E-state index in [9.17, 15) is 0 Å². The quantitative estimate of drug-likeness (QED) is 0.690. The van der Waals surface area contributed by atoms with Crippen LogP contribution in [0.25, 0.3) is 11.3 Å². The predicted molar refractivity (Wildman–Crippen MR) is 58.3 cm³/mol. The van der Waals surface area contributed by atoms with Gasteiger partial charge in [0, 0.05) is 5.56 Å². The molecule has 0 atom stereocenters. The van der Waals surface area contributed by atoms with Gasteiger partial charge in [0.25, 0.3) is 0 Å². The molecular weight excluding hydrogens is 260 g/mol. The van der Waals surface area contributed by atoms with Crippen molar-refractivity contribution in [2.24, 2.45) is 0 Å². The van der Waals surface area contributed by atoms with Crippen molar-refractivity contribution >= 4 is 5.82 Å². The molecule has 3 nitrogen and oxygen atoms in total. The first-order valence-corrected chi connectivity index (χ1v) is 4.01. The van der Waals surface area contributed by atoms with E-state index < -0.39 is 0 Å². The molecule has 2 aromatic rings. The molecule has 0 bridgehead atoms. The van der Waals surface area contributed by atoms with E-state index in [1.165, 1.54) is 0 Å². The van der Waals surface area contributed by atoms with Gasteiger partial charge in [-0.1, -0.05) is 30.3 Å². The van der Waals surface area contributed by atoms with Gasteiger partial charge in [0.05, 0.1) is 5.69 Å². The van der Waals surface area contributed by atoms with Crippen LogP contribution in [0.5, 0.6) is 0 Å². The first-order chi connectivity index (χ1) is 6.36. The van der Waals surface area contributed by atoms with E-state index in [1.54, 1.807) is 6.07 Å². The summed E-state index contributed by atoms with van der Waals surface area (Å²) in [4.78, 5) is 0. The van der Waals surface area contributed by atoms with E-state index in [0.717, 1.165) is 11.3 Å². The molecule has 2 N–H and O–H groups in total. The zero-order valence-corrected chi connectivity index (χ0v) is 13.9. The van der Waals surface area contributed by atoms with Crippen molar-refractivity contribution in [3.05, 3.63) is 49.9 Å². The number of nitrogens with two attached hydrogens (primary N) is 1. The minimum Gasteiger partial charge on any atom is -0.382 e. The molecule has 0 saturated carbocycles. The number of rotatable bonds is 1. The molecule has 0 saturated heterocycles. The number of benzene rings is 1. The molecule has 2 rings (SSSR count). The van der Waals surface area contributed by atoms with Gasteiger partial charge in [-0.05, 0) is 12.1 Å². The monoisotopic (exact) mass is 271 g/mol. The molecule has 0 aliphatic carbocycles. The number of aromatic nitrogens is 2. The molecule has 0 fully saturated rings. The maximum atomic E-state index is 5.43. The maximum absolute atomic E-state index is 5.43. The second-order valence-corrected chi connectivity index (χ2v) is 2.71. The Hall–Kier alpha value is -0.0948. The van der Waals surface area contributed by atoms with E-state index in [-0.39, 0.29) is 65.6 Å². The third-order valence-electron chi connectivity index (χ3n) is 1.75. The van der Waals surface area contributed by atoms with Crippen molar-refractivity contribution in [2.45, 2.75) is 0 Å². The van der Waals surface area contributed by atoms with Crippen LogP contribution in [0.4, 0.5) is 5.82 Å². The standard InChI is InChI=1S/C10H9N3.CH3.Rb/c11-10-7-6-9(12-13-10)8-4-2-1-3-5-8;;/h1-7H,(H2,11,13);1H3;/q;-1;+1. The summed E-state index contributed by atoms with van der Waals surface area (Å²) in [5, 5.41) is 7.76. The van der Waals surface area contributed by atoms with Crippen molar-refractivity contribution in [1.82, 2.24) is 10.2 Å². The van der Waals surface area contributed by atoms with Crippen LogP contribution in [0.2, 0.25) is 0 Å². The minimum absolute atomic E-state index is 0. The Bertz CT molecular complexity index is 386. The summed E-state index contributed by atoms with van der Waals surface area (Å²) in [6, 6.07) is 13.5. The van der Waals surface area contributed by atoms with Gasteiger partial charge in [-0.3, -0.25) is 0 Å². The van der Waals surface area contributed by atoms with Gasteiger partial charge >= 0.3 is 58.2 Å². The molecule has 0 aliphatic heterocycles. The third-order valence-corrected chi connectivity index (χ3v) is 1.75. The van der Waals surface area contributed by atoms with E-state index in [4.69, 9.17) is 5.73 Å². The Morgan fingerprint density at radius 3 is 2.07 bits per heavy atom. The fourth-order valence-corrected chi connectivity index (χ4v) is 1.11. The van der Waals surface area contributed by atoms with Crippen LogP contribution in [-0.4, -0.2) is 10.2 Å². The summed E-state index contributed by atoms with van der Waals surface area (Å²) in [5.74, 6) is 0.444. The van der Waals surface area contributed by atoms with Gasteiger partial charge < -0.3 is 13.2 Å². The van der Waals surface area contributed by atoms with Crippen LogP contribution in [0.1, 0.15) is 0 Å². The summed E-state index contributed by atoms with van der Waals surface area (Å²) in [6.07, 6.45) is 0. The van der Waals surface area contributed by atoms with Crippen molar-refractivity contribution in [3.8, 4) is 11.3 Å². The molecule has 72 valence electrons. The molecule has 1 aromatic heterocycles. The topological polar surface area (TPSA) is 51.8 Å². The second kappa shape index (κ2) is 7.22. The number of anilines is 1. The largest absolute Gasteiger partial charge is 1.00 e. The van der Waals surface area contributed by atoms with E-state index >= 15 is 0 Å². The third kappa shape index (κ3) is 4.11. The van der Waals surface area contributed by atoms with Crippen molar-refractivity contribution in [1.29, 1.82) is 0 Å². The van der Waals surface area contributed by atoms with Crippen LogP contribution in [-0.2, 0) is 0 Å². The summed E-state index contributed by atoms with van der Waals surface area (Å²) < 4.78 is 0. The zero-order chi connectivity index (χ0) is 9.10. The van der Waals surface area contributed by atoms with Gasteiger partial charge in [-0.25, -0.2) is 0 Å². The Balaban J connectivity index is 0.000000980. The van der Waals surface area contributed by atoms with Crippen LogP contribution < -0.4 is 63.9 Å². The molecular formula is C11H12N3Rb. The molecule has 4 heteroatoms. The van der Waals surface area contributed by atoms with Gasteiger partial charge in [0.15, 0.2) is 0 Å². The average molecular weight is 272 g/mol. The van der Waals surface area contributed by atoms with E-state index in [1.807, 2.05) is 36.4 Å². The molecule has 0 aliphatic rings. The first kappa shape index (κ1) is 14.9. The Morgan fingerprint density at radius 1 is 0.867 bits per heavy atom. The van der Waals surface area contributed by atoms with Crippen molar-refractivity contribution < 1.29 is 58.2 Å². The van der Waals surface area contributed by atoms with Crippen LogP contribution in [0, 0.1) is 7.43 Å². The van der Waals surface area contributed by atoms with Gasteiger partial charge in [0.1, 0.15) is 5.82 Å². The Kier molecular flexibility index (Phi) is 7.18. The number of nitrogens with zero attached hydrogens (tertiary/aromatic N) is 2. The predicted octanol–water partition coefficient (Wildman–Crippen LogP) is -0.820. The van der Waals surface area contributed by atoms with E-state index in [2.05, 4.69) is 10.2 Å². The smallest absolute Gasteiger partial charge is 0.382 e. The van der Waals surface area contributed by atoms with Gasteiger partial charge in [0.2, 0.25) is 0 Å². The Morgan fingerprint density at radius 2 is 1.53 bits per heavy atom. The molecule has 15 heavy (non-hydrogen) atoms. The van der Waals surface area contributed by atoms with Crippen molar-refractivity contribution in [2.75, 3.05) is 5.73 Å². The fraction of sp³-hybridized carbons (Fsp3) is 0. The number of nitrogen functional groups attached to an aromatic ring is 1. The summed E-state index contributed by atoms with van der Waals surface area (Å²) in [5.41, 5.74) is 7.32. The number of hydrogen-bond donors (Lipinski definition) is 1. The molecule has 0 amide bonds. The van der Waals surface area contributed by atoms with Crippen LogP contribution >= 0.6 is 0 Å². The molecule has 1 aromatic carbocycles. The first-order valence-electron chi connectivity index (χ1n) is 4.01. The summed E-state index contributed by atoms with van der Waals surface area (Å²) in [6.45, 7) is 0. The van der Waals surface area contributed by atoms with Crippen LogP contribution in [0.15, 0.2) is 42.5 Å². The molecule has 1 heterocycles. The zero-order valence-electron chi connectivity index (χ0n) is 9.01. The van der Waals surface area contributed by atoms with Gasteiger partial charge in [-0.2, -0.15) is 0 Å². The minimum atomic E-state index is 0. The molecule has 0 spiro atoms. The second-order valence-electron chi connectivity index (χ2n) is 2.71. The molecule has 0 radical (unpaired) electrons. The molecule has 0 unspecified atom stereocenters. The SMILES string of the molecule is Nc1ccc(-c2ccccc2)nn1.[CH3-].[Rb+]. The normalized spacial score (nSPS) is 8.53. The Labute approximate surface area is 139 Å². The van der Waals surface area contributed by atoms with Crippen molar-refractivity contribution in [3.63, 3.8) is 0 Å². The van der Waals surface area contributed by atoms with Gasteiger partial charge in [-0.15, -0.1) is 10.2 Å². The summed E-state index contributed by atoms with van der Waals surface area (Å²) >= 11 is 0.